The van der Waals surface area contributed by atoms with Gasteiger partial charge in [0.25, 0.3) is 0 Å². The van der Waals surface area contributed by atoms with E-state index in [2.05, 4.69) is 34.3 Å². The van der Waals surface area contributed by atoms with Gasteiger partial charge in [-0.3, -0.25) is 0 Å². The van der Waals surface area contributed by atoms with Crippen LogP contribution in [0.5, 0.6) is 0 Å². The lowest BCUT2D eigenvalue weighted by atomic mass is 9.73. The van der Waals surface area contributed by atoms with E-state index in [4.69, 9.17) is 9.90 Å². The predicted molar refractivity (Wildman–Crippen MR) is 102 cm³/mol. The Balaban J connectivity index is 0.000000345. The average Bonchev–Trinajstić information content (AvgIpc) is 2.87. The summed E-state index contributed by atoms with van der Waals surface area (Å²) >= 11 is -1.03. The van der Waals surface area contributed by atoms with Crippen LogP contribution in [0.25, 0.3) is 0 Å². The lowest BCUT2D eigenvalue weighted by molar-refractivity contribution is -0.192. The molecule has 1 aromatic carbocycles. The molecule has 0 radical (unpaired) electrons. The van der Waals surface area contributed by atoms with Crippen LogP contribution in [0, 0.1) is 5.41 Å². The molecule has 158 valence electrons. The van der Waals surface area contributed by atoms with Gasteiger partial charge >= 0.3 is 12.1 Å². The third kappa shape index (κ3) is 5.40. The second-order valence-electron chi connectivity index (χ2n) is 8.22. The summed E-state index contributed by atoms with van der Waals surface area (Å²) in [6.45, 7) is 8.23. The van der Waals surface area contributed by atoms with Crippen molar-refractivity contribution in [3.8, 4) is 0 Å². The monoisotopic (exact) mass is 420 g/mol. The van der Waals surface area contributed by atoms with Gasteiger partial charge in [-0.05, 0) is 64.3 Å². The number of halogens is 3. The average molecular weight is 420 g/mol. The predicted octanol–water partition coefficient (Wildman–Crippen LogP) is 3.34. The number of hydrogen-bond acceptors (Lipinski definition) is 4. The van der Waals surface area contributed by atoms with Crippen molar-refractivity contribution in [2.24, 2.45) is 5.41 Å². The quantitative estimate of drug-likeness (QED) is 0.639. The van der Waals surface area contributed by atoms with Crippen LogP contribution < -0.4 is 10.0 Å². The third-order valence-corrected chi connectivity index (χ3v) is 6.71. The Hall–Kier alpha value is -1.29. The van der Waals surface area contributed by atoms with Crippen molar-refractivity contribution in [2.75, 3.05) is 13.1 Å². The molecule has 5 nitrogen and oxygen atoms in total. The molecule has 1 unspecified atom stereocenters. The number of rotatable bonds is 2. The lowest BCUT2D eigenvalue weighted by Gasteiger charge is -2.40. The molecule has 0 aromatic heterocycles. The van der Waals surface area contributed by atoms with Gasteiger partial charge in [0, 0.05) is 16.8 Å². The normalized spacial score (nSPS) is 22.2. The van der Waals surface area contributed by atoms with Crippen LogP contribution in [-0.2, 0) is 22.6 Å². The molecule has 1 aliphatic carbocycles. The molecule has 3 N–H and O–H groups in total. The largest absolute Gasteiger partial charge is 0.598 e. The number of carboxylic acid groups (broad SMARTS) is 1. The Morgan fingerprint density at radius 1 is 1.25 bits per heavy atom. The highest BCUT2D eigenvalue weighted by Gasteiger charge is 2.49. The summed E-state index contributed by atoms with van der Waals surface area (Å²) in [6, 6.07) is 8.89. The first-order chi connectivity index (χ1) is 12.9. The number of aliphatic carboxylic acids is 1. The number of carbonyl (C=O) groups is 1. The smallest absolute Gasteiger partial charge is 0.490 e. The summed E-state index contributed by atoms with van der Waals surface area (Å²) in [5, 5.41) is 10.6. The van der Waals surface area contributed by atoms with E-state index < -0.39 is 23.5 Å². The molecule has 2 atom stereocenters. The van der Waals surface area contributed by atoms with Gasteiger partial charge in [0.2, 0.25) is 0 Å². The van der Waals surface area contributed by atoms with Gasteiger partial charge in [-0.15, -0.1) is 4.72 Å². The van der Waals surface area contributed by atoms with Crippen molar-refractivity contribution < 1.29 is 27.6 Å². The molecular formula is C19H27F3N2O3S. The summed E-state index contributed by atoms with van der Waals surface area (Å²) in [7, 11) is 0. The Kier molecular flexibility index (Phi) is 7.07. The highest BCUT2D eigenvalue weighted by atomic mass is 32.2. The van der Waals surface area contributed by atoms with Crippen molar-refractivity contribution in [3.05, 3.63) is 35.4 Å². The number of carboxylic acids is 1. The van der Waals surface area contributed by atoms with Gasteiger partial charge in [-0.1, -0.05) is 24.3 Å². The molecule has 0 saturated carbocycles. The summed E-state index contributed by atoms with van der Waals surface area (Å²) in [5.74, 6) is -2.76. The molecule has 1 aliphatic heterocycles. The van der Waals surface area contributed by atoms with Gasteiger partial charge < -0.3 is 15.0 Å². The number of hydrogen-bond donors (Lipinski definition) is 3. The topological polar surface area (TPSA) is 84.4 Å². The molecule has 1 heterocycles. The fraction of sp³-hybridized carbons (Fsp3) is 0.632. The lowest BCUT2D eigenvalue weighted by Crippen LogP contribution is -2.48. The fourth-order valence-electron chi connectivity index (χ4n) is 3.65. The minimum Gasteiger partial charge on any atom is -0.598 e. The maximum Gasteiger partial charge on any atom is 0.490 e. The van der Waals surface area contributed by atoms with Gasteiger partial charge in [-0.2, -0.15) is 13.2 Å². The molecular weight excluding hydrogens is 393 g/mol. The zero-order valence-electron chi connectivity index (χ0n) is 16.2. The molecule has 28 heavy (non-hydrogen) atoms. The summed E-state index contributed by atoms with van der Waals surface area (Å²) in [6.07, 6.45) is -1.66. The zero-order chi connectivity index (χ0) is 21.2. The molecule has 2 aliphatic rings. The maximum absolute atomic E-state index is 12.6. The number of fused-ring (bicyclic) bond motifs is 1. The second kappa shape index (κ2) is 8.61. The number of piperidine rings is 1. The van der Waals surface area contributed by atoms with Crippen molar-refractivity contribution in [2.45, 2.75) is 57.0 Å². The third-order valence-electron chi connectivity index (χ3n) is 5.14. The van der Waals surface area contributed by atoms with Crippen LogP contribution in [-0.4, -0.2) is 39.6 Å². The minimum absolute atomic E-state index is 0.218. The van der Waals surface area contributed by atoms with Crippen LogP contribution in [0.4, 0.5) is 13.2 Å². The SMILES string of the molecule is CC(C)(C)[S+]([O-])N[C@@H]1c2ccccc2CC12CCNCC2.O=C(O)C(F)(F)F. The number of benzene rings is 1. The highest BCUT2D eigenvalue weighted by molar-refractivity contribution is 7.90. The summed E-state index contributed by atoms with van der Waals surface area (Å²) < 4.78 is 47.6. The van der Waals surface area contributed by atoms with Gasteiger partial charge in [0.05, 0.1) is 6.04 Å². The zero-order valence-corrected chi connectivity index (χ0v) is 17.0. The molecule has 3 rings (SSSR count). The van der Waals surface area contributed by atoms with Crippen molar-refractivity contribution in [1.29, 1.82) is 0 Å². The van der Waals surface area contributed by atoms with E-state index in [1.807, 2.05) is 20.8 Å². The number of alkyl halides is 3. The standard InChI is InChI=1S/C17H26N2OS.C2HF3O2/c1-16(2,3)21(20)19-15-14-7-5-4-6-13(14)12-17(15)8-10-18-11-9-17;3-2(4,5)1(6)7/h4-7,15,18-19H,8-12H2,1-3H3;(H,6,7)/t15-,21?;/m1./s1. The molecule has 1 aromatic rings. The molecule has 0 bridgehead atoms. The fourth-order valence-corrected chi connectivity index (χ4v) is 4.60. The van der Waals surface area contributed by atoms with Gasteiger partial charge in [-0.25, -0.2) is 4.79 Å². The Morgan fingerprint density at radius 2 is 1.79 bits per heavy atom. The molecule has 1 fully saturated rings. The first-order valence-electron chi connectivity index (χ1n) is 9.13. The van der Waals surface area contributed by atoms with Crippen LogP contribution in [0.15, 0.2) is 24.3 Å². The Morgan fingerprint density at radius 3 is 2.29 bits per heavy atom. The van der Waals surface area contributed by atoms with E-state index >= 15 is 0 Å². The van der Waals surface area contributed by atoms with Crippen molar-refractivity contribution >= 4 is 17.3 Å². The molecule has 9 heteroatoms. The highest BCUT2D eigenvalue weighted by Crippen LogP contribution is 2.51. The van der Waals surface area contributed by atoms with E-state index in [9.17, 15) is 17.7 Å². The first-order valence-corrected chi connectivity index (χ1v) is 10.3. The van der Waals surface area contributed by atoms with Crippen LogP contribution >= 0.6 is 0 Å². The van der Waals surface area contributed by atoms with E-state index in [-0.39, 0.29) is 16.2 Å². The number of nitrogens with one attached hydrogen (secondary N) is 2. The second-order valence-corrected chi connectivity index (χ2v) is 10.2. The van der Waals surface area contributed by atoms with Crippen molar-refractivity contribution in [3.63, 3.8) is 0 Å². The van der Waals surface area contributed by atoms with Crippen LogP contribution in [0.2, 0.25) is 0 Å². The minimum atomic E-state index is -5.08. The van der Waals surface area contributed by atoms with E-state index in [0.29, 0.717) is 0 Å². The van der Waals surface area contributed by atoms with Crippen molar-refractivity contribution in [1.82, 2.24) is 10.0 Å². The molecule has 0 amide bonds. The van der Waals surface area contributed by atoms with E-state index in [1.165, 1.54) is 11.1 Å². The summed E-state index contributed by atoms with van der Waals surface area (Å²) in [4.78, 5) is 8.90. The molecule has 1 saturated heterocycles. The van der Waals surface area contributed by atoms with Crippen LogP contribution in [0.3, 0.4) is 0 Å². The Bertz CT molecular complexity index is 686. The summed E-state index contributed by atoms with van der Waals surface area (Å²) in [5.41, 5.74) is 3.02. The van der Waals surface area contributed by atoms with E-state index in [1.54, 1.807) is 0 Å². The van der Waals surface area contributed by atoms with E-state index in [0.717, 1.165) is 32.4 Å². The van der Waals surface area contributed by atoms with Gasteiger partial charge in [0.15, 0.2) is 0 Å². The Labute approximate surface area is 166 Å². The van der Waals surface area contributed by atoms with Gasteiger partial charge in [0.1, 0.15) is 4.75 Å². The first kappa shape index (κ1) is 23.0. The van der Waals surface area contributed by atoms with Crippen LogP contribution in [0.1, 0.15) is 50.8 Å². The maximum atomic E-state index is 12.6. The molecule has 1 spiro atoms.